The summed E-state index contributed by atoms with van der Waals surface area (Å²) in [6.45, 7) is 13.7. The van der Waals surface area contributed by atoms with Crippen LogP contribution in [0.3, 0.4) is 0 Å². The van der Waals surface area contributed by atoms with Crippen molar-refractivity contribution in [2.24, 2.45) is 0 Å². The van der Waals surface area contributed by atoms with Crippen LogP contribution in [0.15, 0.2) is 12.1 Å². The predicted molar refractivity (Wildman–Crippen MR) is 131 cm³/mol. The van der Waals surface area contributed by atoms with E-state index in [9.17, 15) is 0 Å². The van der Waals surface area contributed by atoms with E-state index in [1.54, 1.807) is 0 Å². The highest BCUT2D eigenvalue weighted by molar-refractivity contribution is 5.60. The third-order valence-electron chi connectivity index (χ3n) is 5.88. The Kier molecular flexibility index (Phi) is 10.5. The third kappa shape index (κ3) is 6.15. The summed E-state index contributed by atoms with van der Waals surface area (Å²) >= 11 is 0. The molecule has 0 bridgehead atoms. The standard InChI is InChI=1S/C28H44N2/c1-7-13-21-19-27(29-25(17-11-5)23(21)15-9-3)28-20-22(14-8-2)24(16-10-4)26(30-28)18-12-6/h19-20H,7-18H2,1-6H3. The van der Waals surface area contributed by atoms with Gasteiger partial charge in [-0.1, -0.05) is 80.1 Å². The number of nitrogens with zero attached hydrogens (tertiary/aromatic N) is 2. The molecule has 0 fully saturated rings. The predicted octanol–water partition coefficient (Wildman–Crippen LogP) is 7.86. The molecule has 0 spiro atoms. The molecule has 0 amide bonds. The van der Waals surface area contributed by atoms with Crippen molar-refractivity contribution in [2.75, 3.05) is 0 Å². The quantitative estimate of drug-likeness (QED) is 0.337. The van der Waals surface area contributed by atoms with Gasteiger partial charge in [-0.2, -0.15) is 0 Å². The molecule has 0 N–H and O–H groups in total. The van der Waals surface area contributed by atoms with E-state index in [2.05, 4.69) is 53.7 Å². The second-order valence-corrected chi connectivity index (χ2v) is 8.68. The number of hydrogen-bond donors (Lipinski definition) is 0. The van der Waals surface area contributed by atoms with Crippen molar-refractivity contribution in [3.8, 4) is 11.4 Å². The first-order chi connectivity index (χ1) is 14.6. The van der Waals surface area contributed by atoms with Gasteiger partial charge in [0.25, 0.3) is 0 Å². The van der Waals surface area contributed by atoms with Gasteiger partial charge in [-0.25, -0.2) is 0 Å². The van der Waals surface area contributed by atoms with E-state index in [1.807, 2.05) is 0 Å². The van der Waals surface area contributed by atoms with Crippen LogP contribution < -0.4 is 0 Å². The molecule has 2 aromatic rings. The minimum atomic E-state index is 1.07. The SMILES string of the molecule is CCCc1cc(-c2cc(CCC)c(CCC)c(CCC)n2)nc(CCC)c1CCC. The molecule has 2 aromatic heterocycles. The number of rotatable bonds is 13. The van der Waals surface area contributed by atoms with Crippen molar-refractivity contribution in [3.63, 3.8) is 0 Å². The second kappa shape index (κ2) is 12.9. The normalized spacial score (nSPS) is 11.3. The van der Waals surface area contributed by atoms with Gasteiger partial charge in [0, 0.05) is 11.4 Å². The molecule has 0 radical (unpaired) electrons. The van der Waals surface area contributed by atoms with Crippen molar-refractivity contribution in [1.82, 2.24) is 9.97 Å². The molecule has 0 aliphatic heterocycles. The Morgan fingerprint density at radius 1 is 0.467 bits per heavy atom. The average Bonchev–Trinajstić information content (AvgIpc) is 2.73. The van der Waals surface area contributed by atoms with E-state index in [1.165, 1.54) is 59.3 Å². The van der Waals surface area contributed by atoms with Crippen molar-refractivity contribution >= 4 is 0 Å². The molecule has 30 heavy (non-hydrogen) atoms. The van der Waals surface area contributed by atoms with E-state index in [0.29, 0.717) is 0 Å². The fourth-order valence-electron chi connectivity index (χ4n) is 4.61. The summed E-state index contributed by atoms with van der Waals surface area (Å²) < 4.78 is 0. The Morgan fingerprint density at radius 3 is 1.10 bits per heavy atom. The maximum atomic E-state index is 5.21. The summed E-state index contributed by atoms with van der Waals surface area (Å²) in [5.41, 5.74) is 10.8. The van der Waals surface area contributed by atoms with Gasteiger partial charge < -0.3 is 0 Å². The Bertz CT molecular complexity index is 670. The minimum absolute atomic E-state index is 1.07. The largest absolute Gasteiger partial charge is 0.251 e. The van der Waals surface area contributed by atoms with Crippen molar-refractivity contribution in [3.05, 3.63) is 45.8 Å². The lowest BCUT2D eigenvalue weighted by Crippen LogP contribution is -2.08. The summed E-state index contributed by atoms with van der Waals surface area (Å²) in [6, 6.07) is 4.72. The van der Waals surface area contributed by atoms with Gasteiger partial charge in [-0.15, -0.1) is 0 Å². The molecular weight excluding hydrogens is 364 g/mol. The first-order valence-corrected chi connectivity index (χ1v) is 12.7. The van der Waals surface area contributed by atoms with Crippen LogP contribution in [-0.2, 0) is 38.5 Å². The monoisotopic (exact) mass is 408 g/mol. The van der Waals surface area contributed by atoms with Crippen LogP contribution in [0.4, 0.5) is 0 Å². The lowest BCUT2D eigenvalue weighted by molar-refractivity contribution is 0.792. The minimum Gasteiger partial charge on any atom is -0.251 e. The molecule has 0 unspecified atom stereocenters. The number of pyridine rings is 2. The van der Waals surface area contributed by atoms with E-state index in [-0.39, 0.29) is 0 Å². The second-order valence-electron chi connectivity index (χ2n) is 8.68. The highest BCUT2D eigenvalue weighted by atomic mass is 14.8. The summed E-state index contributed by atoms with van der Waals surface area (Å²) in [6.07, 6.45) is 13.7. The van der Waals surface area contributed by atoms with E-state index in [0.717, 1.165) is 62.8 Å². The summed E-state index contributed by atoms with van der Waals surface area (Å²) in [5.74, 6) is 0. The van der Waals surface area contributed by atoms with Crippen LogP contribution in [0, 0.1) is 0 Å². The molecule has 2 rings (SSSR count). The van der Waals surface area contributed by atoms with Crippen LogP contribution in [-0.4, -0.2) is 9.97 Å². The topological polar surface area (TPSA) is 25.8 Å². The molecule has 166 valence electrons. The van der Waals surface area contributed by atoms with Crippen LogP contribution in [0.25, 0.3) is 11.4 Å². The molecule has 0 saturated heterocycles. The highest BCUT2D eigenvalue weighted by Gasteiger charge is 2.17. The van der Waals surface area contributed by atoms with Crippen molar-refractivity contribution < 1.29 is 0 Å². The molecule has 0 aliphatic rings. The first kappa shape index (κ1) is 24.6. The maximum absolute atomic E-state index is 5.21. The van der Waals surface area contributed by atoms with Crippen LogP contribution >= 0.6 is 0 Å². The van der Waals surface area contributed by atoms with E-state index in [4.69, 9.17) is 9.97 Å². The molecule has 0 atom stereocenters. The summed E-state index contributed by atoms with van der Waals surface area (Å²) in [7, 11) is 0. The molecule has 0 aromatic carbocycles. The third-order valence-corrected chi connectivity index (χ3v) is 5.88. The summed E-state index contributed by atoms with van der Waals surface area (Å²) in [4.78, 5) is 10.4. The Hall–Kier alpha value is -1.70. The van der Waals surface area contributed by atoms with Crippen molar-refractivity contribution in [2.45, 2.75) is 119 Å². The van der Waals surface area contributed by atoms with Crippen molar-refractivity contribution in [1.29, 1.82) is 0 Å². The van der Waals surface area contributed by atoms with Gasteiger partial charge in [-0.3, -0.25) is 9.97 Å². The average molecular weight is 409 g/mol. The zero-order valence-corrected chi connectivity index (χ0v) is 20.5. The van der Waals surface area contributed by atoms with E-state index < -0.39 is 0 Å². The zero-order chi connectivity index (χ0) is 21.9. The van der Waals surface area contributed by atoms with Gasteiger partial charge in [-0.05, 0) is 72.9 Å². The van der Waals surface area contributed by atoms with Gasteiger partial charge in [0.05, 0.1) is 11.4 Å². The van der Waals surface area contributed by atoms with E-state index >= 15 is 0 Å². The molecule has 2 heteroatoms. The Morgan fingerprint density at radius 2 is 0.800 bits per heavy atom. The number of aryl methyl sites for hydroxylation is 4. The lowest BCUT2D eigenvalue weighted by Gasteiger charge is -2.18. The maximum Gasteiger partial charge on any atom is 0.0892 e. The molecule has 0 saturated carbocycles. The zero-order valence-electron chi connectivity index (χ0n) is 20.5. The molecular formula is C28H44N2. The Labute approximate surface area is 185 Å². The number of hydrogen-bond acceptors (Lipinski definition) is 2. The summed E-state index contributed by atoms with van der Waals surface area (Å²) in [5, 5.41) is 0. The lowest BCUT2D eigenvalue weighted by atomic mass is 9.93. The fourth-order valence-corrected chi connectivity index (χ4v) is 4.61. The van der Waals surface area contributed by atoms with Gasteiger partial charge in [0.2, 0.25) is 0 Å². The molecule has 2 heterocycles. The van der Waals surface area contributed by atoms with Gasteiger partial charge in [0.15, 0.2) is 0 Å². The highest BCUT2D eigenvalue weighted by Crippen LogP contribution is 2.28. The van der Waals surface area contributed by atoms with Crippen LogP contribution in [0.5, 0.6) is 0 Å². The molecule has 0 aliphatic carbocycles. The number of aromatic nitrogens is 2. The van der Waals surface area contributed by atoms with Crippen LogP contribution in [0.1, 0.15) is 114 Å². The van der Waals surface area contributed by atoms with Crippen LogP contribution in [0.2, 0.25) is 0 Å². The van der Waals surface area contributed by atoms with Gasteiger partial charge in [0.1, 0.15) is 0 Å². The Balaban J connectivity index is 2.68. The van der Waals surface area contributed by atoms with Gasteiger partial charge >= 0.3 is 0 Å². The molecule has 2 nitrogen and oxygen atoms in total. The first-order valence-electron chi connectivity index (χ1n) is 12.7. The fraction of sp³-hybridized carbons (Fsp3) is 0.643. The smallest absolute Gasteiger partial charge is 0.0892 e.